The monoisotopic (exact) mass is 329 g/mol. The molecule has 2 rings (SSSR count). The van der Waals surface area contributed by atoms with Gasteiger partial charge in [0.15, 0.2) is 0 Å². The Hall–Kier alpha value is -3.37. The van der Waals surface area contributed by atoms with E-state index < -0.39 is 5.91 Å². The van der Waals surface area contributed by atoms with Crippen molar-refractivity contribution in [1.82, 2.24) is 0 Å². The van der Waals surface area contributed by atoms with Crippen molar-refractivity contribution in [3.63, 3.8) is 0 Å². The molecule has 2 aromatic carbocycles. The van der Waals surface area contributed by atoms with E-state index in [1.807, 2.05) is 44.2 Å². The van der Waals surface area contributed by atoms with Crippen LogP contribution in [0.25, 0.3) is 6.08 Å². The Kier molecular flexibility index (Phi) is 6.09. The predicted molar refractivity (Wildman–Crippen MR) is 98.6 cm³/mol. The number of nitrogens with one attached hydrogen (secondary N) is 1. The van der Waals surface area contributed by atoms with Crippen LogP contribution in [-0.4, -0.2) is 5.91 Å². The van der Waals surface area contributed by atoms with Crippen molar-refractivity contribution in [2.75, 3.05) is 5.32 Å². The molecule has 0 heterocycles. The lowest BCUT2D eigenvalue weighted by Gasteiger charge is -2.14. The van der Waals surface area contributed by atoms with E-state index in [9.17, 15) is 10.1 Å². The minimum Gasteiger partial charge on any atom is -0.321 e. The third-order valence-electron chi connectivity index (χ3n) is 3.95. The number of hydrogen-bond acceptors (Lipinski definition) is 3. The summed E-state index contributed by atoms with van der Waals surface area (Å²) in [6, 6.07) is 16.7. The lowest BCUT2D eigenvalue weighted by molar-refractivity contribution is -0.112. The zero-order chi connectivity index (χ0) is 18.2. The predicted octanol–water partition coefficient (Wildman–Crippen LogP) is 4.23. The molecule has 4 nitrogen and oxygen atoms in total. The van der Waals surface area contributed by atoms with E-state index >= 15 is 0 Å². The first-order chi connectivity index (χ1) is 12.1. The SMILES string of the molecule is CCc1cccc(CC)c1NC(=O)C(C#N)=Cc1ccc(C#N)cc1. The summed E-state index contributed by atoms with van der Waals surface area (Å²) in [7, 11) is 0. The standard InChI is InChI=1S/C21H19N3O/c1-3-17-6-5-7-18(4-2)20(17)24-21(25)19(14-23)12-15-8-10-16(13-22)11-9-15/h5-12H,3-4H2,1-2H3,(H,24,25). The van der Waals surface area contributed by atoms with E-state index in [1.165, 1.54) is 6.08 Å². The van der Waals surface area contributed by atoms with Crippen molar-refractivity contribution in [1.29, 1.82) is 10.5 Å². The fraction of sp³-hybridized carbons (Fsp3) is 0.190. The van der Waals surface area contributed by atoms with Gasteiger partial charge in [0.25, 0.3) is 5.91 Å². The normalized spacial score (nSPS) is 10.6. The molecule has 0 saturated carbocycles. The Labute approximate surface area is 148 Å². The van der Waals surface area contributed by atoms with Crippen molar-refractivity contribution >= 4 is 17.7 Å². The molecule has 0 fully saturated rings. The highest BCUT2D eigenvalue weighted by Gasteiger charge is 2.14. The summed E-state index contributed by atoms with van der Waals surface area (Å²) in [5.74, 6) is -0.428. The summed E-state index contributed by atoms with van der Waals surface area (Å²) in [5.41, 5.74) is 4.14. The fourth-order valence-corrected chi connectivity index (χ4v) is 2.55. The molecule has 0 atom stereocenters. The van der Waals surface area contributed by atoms with Gasteiger partial charge in [0, 0.05) is 5.69 Å². The van der Waals surface area contributed by atoms with Crippen LogP contribution >= 0.6 is 0 Å². The molecule has 124 valence electrons. The lowest BCUT2D eigenvalue weighted by atomic mass is 10.0. The molecule has 1 N–H and O–H groups in total. The Balaban J connectivity index is 2.31. The highest BCUT2D eigenvalue weighted by molar-refractivity contribution is 6.10. The number of hydrogen-bond donors (Lipinski definition) is 1. The average molecular weight is 329 g/mol. The third kappa shape index (κ3) is 4.34. The summed E-state index contributed by atoms with van der Waals surface area (Å²) >= 11 is 0. The van der Waals surface area contributed by atoms with Gasteiger partial charge in [-0.25, -0.2) is 0 Å². The van der Waals surface area contributed by atoms with Gasteiger partial charge >= 0.3 is 0 Å². The van der Waals surface area contributed by atoms with Crippen LogP contribution < -0.4 is 5.32 Å². The number of carbonyl (C=O) groups is 1. The van der Waals surface area contributed by atoms with E-state index in [4.69, 9.17) is 5.26 Å². The molecule has 0 radical (unpaired) electrons. The summed E-state index contributed by atoms with van der Waals surface area (Å²) in [5, 5.41) is 21.1. The van der Waals surface area contributed by atoms with Gasteiger partial charge in [-0.3, -0.25) is 4.79 Å². The van der Waals surface area contributed by atoms with Crippen LogP contribution in [0, 0.1) is 22.7 Å². The zero-order valence-electron chi connectivity index (χ0n) is 14.3. The van der Waals surface area contributed by atoms with Gasteiger partial charge in [-0.05, 0) is 47.7 Å². The number of amides is 1. The number of nitriles is 2. The molecule has 1 amide bonds. The Morgan fingerprint density at radius 1 is 1.04 bits per heavy atom. The number of benzene rings is 2. The third-order valence-corrected chi connectivity index (χ3v) is 3.95. The van der Waals surface area contributed by atoms with Gasteiger partial charge in [0.05, 0.1) is 11.6 Å². The molecule has 0 unspecified atom stereocenters. The molecule has 0 aliphatic rings. The first-order valence-electron chi connectivity index (χ1n) is 8.17. The quantitative estimate of drug-likeness (QED) is 0.659. The van der Waals surface area contributed by atoms with Crippen LogP contribution in [0.15, 0.2) is 48.0 Å². The maximum absolute atomic E-state index is 12.6. The van der Waals surface area contributed by atoms with Crippen molar-refractivity contribution in [2.45, 2.75) is 26.7 Å². The second kappa shape index (κ2) is 8.47. The number of nitrogens with zero attached hydrogens (tertiary/aromatic N) is 2. The molecule has 0 saturated heterocycles. The minimum absolute atomic E-state index is 0.0256. The molecule has 0 bridgehead atoms. The van der Waals surface area contributed by atoms with E-state index in [2.05, 4.69) is 5.32 Å². The number of rotatable bonds is 5. The minimum atomic E-state index is -0.428. The second-order valence-corrected chi connectivity index (χ2v) is 5.52. The molecule has 0 spiro atoms. The fourth-order valence-electron chi connectivity index (χ4n) is 2.55. The van der Waals surface area contributed by atoms with E-state index in [0.717, 1.165) is 29.7 Å². The summed E-state index contributed by atoms with van der Waals surface area (Å²) in [6.45, 7) is 4.06. The Bertz CT molecular complexity index is 859. The van der Waals surface area contributed by atoms with Gasteiger partial charge in [-0.2, -0.15) is 10.5 Å². The Morgan fingerprint density at radius 3 is 2.12 bits per heavy atom. The molecule has 0 aliphatic heterocycles. The maximum Gasteiger partial charge on any atom is 0.266 e. The molecular weight excluding hydrogens is 310 g/mol. The largest absolute Gasteiger partial charge is 0.321 e. The Morgan fingerprint density at radius 2 is 1.64 bits per heavy atom. The molecule has 0 aromatic heterocycles. The van der Waals surface area contributed by atoms with Gasteiger partial charge in [0.1, 0.15) is 11.6 Å². The highest BCUT2D eigenvalue weighted by atomic mass is 16.1. The summed E-state index contributed by atoms with van der Waals surface area (Å²) < 4.78 is 0. The molecule has 0 aliphatic carbocycles. The number of anilines is 1. The van der Waals surface area contributed by atoms with Crippen molar-refractivity contribution < 1.29 is 4.79 Å². The van der Waals surface area contributed by atoms with Crippen LogP contribution in [-0.2, 0) is 17.6 Å². The molecule has 4 heteroatoms. The summed E-state index contributed by atoms with van der Waals surface area (Å²) in [6.07, 6.45) is 3.12. The molecule has 2 aromatic rings. The molecule has 25 heavy (non-hydrogen) atoms. The van der Waals surface area contributed by atoms with E-state index in [0.29, 0.717) is 11.1 Å². The van der Waals surface area contributed by atoms with E-state index in [-0.39, 0.29) is 5.57 Å². The number of para-hydroxylation sites is 1. The van der Waals surface area contributed by atoms with Gasteiger partial charge < -0.3 is 5.32 Å². The van der Waals surface area contributed by atoms with Crippen LogP contribution in [0.5, 0.6) is 0 Å². The topological polar surface area (TPSA) is 76.7 Å². The first-order valence-corrected chi connectivity index (χ1v) is 8.17. The summed E-state index contributed by atoms with van der Waals surface area (Å²) in [4.78, 5) is 12.6. The van der Waals surface area contributed by atoms with Gasteiger partial charge in [-0.1, -0.05) is 44.2 Å². The van der Waals surface area contributed by atoms with Crippen LogP contribution in [0.1, 0.15) is 36.1 Å². The number of aryl methyl sites for hydroxylation is 2. The lowest BCUT2D eigenvalue weighted by Crippen LogP contribution is -2.16. The van der Waals surface area contributed by atoms with Crippen LogP contribution in [0.4, 0.5) is 5.69 Å². The zero-order valence-corrected chi connectivity index (χ0v) is 14.3. The van der Waals surface area contributed by atoms with Crippen LogP contribution in [0.3, 0.4) is 0 Å². The van der Waals surface area contributed by atoms with Crippen LogP contribution in [0.2, 0.25) is 0 Å². The van der Waals surface area contributed by atoms with E-state index in [1.54, 1.807) is 24.3 Å². The van der Waals surface area contributed by atoms with Gasteiger partial charge in [0.2, 0.25) is 0 Å². The highest BCUT2D eigenvalue weighted by Crippen LogP contribution is 2.23. The molecular formula is C21H19N3O. The maximum atomic E-state index is 12.6. The van der Waals surface area contributed by atoms with Crippen molar-refractivity contribution in [3.05, 3.63) is 70.3 Å². The number of carbonyl (C=O) groups excluding carboxylic acids is 1. The second-order valence-electron chi connectivity index (χ2n) is 5.52. The average Bonchev–Trinajstić information content (AvgIpc) is 2.66. The van der Waals surface area contributed by atoms with Gasteiger partial charge in [-0.15, -0.1) is 0 Å². The first kappa shape index (κ1) is 18.0. The smallest absolute Gasteiger partial charge is 0.266 e. The van der Waals surface area contributed by atoms with Crippen molar-refractivity contribution in [2.24, 2.45) is 0 Å². The van der Waals surface area contributed by atoms with Crippen molar-refractivity contribution in [3.8, 4) is 12.1 Å².